The van der Waals surface area contributed by atoms with E-state index in [0.29, 0.717) is 22.2 Å². The lowest BCUT2D eigenvalue weighted by Gasteiger charge is -2.03. The topological polar surface area (TPSA) is 52.9 Å². The highest BCUT2D eigenvalue weighted by atomic mass is 35.5. The molecule has 4 heteroatoms. The van der Waals surface area contributed by atoms with Gasteiger partial charge in [0.1, 0.15) is 6.07 Å². The highest BCUT2D eigenvalue weighted by Crippen LogP contribution is 2.20. The maximum atomic E-state index is 11.5. The van der Waals surface area contributed by atoms with Crippen molar-refractivity contribution in [2.45, 2.75) is 13.8 Å². The van der Waals surface area contributed by atoms with Gasteiger partial charge in [0, 0.05) is 5.69 Å². The summed E-state index contributed by atoms with van der Waals surface area (Å²) in [5, 5.41) is 11.7. The molecule has 0 radical (unpaired) electrons. The van der Waals surface area contributed by atoms with Gasteiger partial charge in [-0.25, -0.2) is 0 Å². The van der Waals surface area contributed by atoms with Crippen LogP contribution in [0.2, 0.25) is 5.02 Å². The average Bonchev–Trinajstić information content (AvgIpc) is 2.26. The van der Waals surface area contributed by atoms with Gasteiger partial charge in [0.2, 0.25) is 5.91 Å². The van der Waals surface area contributed by atoms with Crippen molar-refractivity contribution < 1.29 is 4.79 Å². The fraction of sp³-hybridized carbons (Fsp3) is 0.231. The highest BCUT2D eigenvalue weighted by molar-refractivity contribution is 6.32. The van der Waals surface area contributed by atoms with Crippen LogP contribution in [0.15, 0.2) is 30.4 Å². The first kappa shape index (κ1) is 13.3. The number of halogens is 1. The summed E-state index contributed by atoms with van der Waals surface area (Å²) in [5.74, 6) is 0.116. The number of nitrogens with zero attached hydrogens (tertiary/aromatic N) is 1. The molecular formula is C13H13ClN2O. The largest absolute Gasteiger partial charge is 0.322 e. The summed E-state index contributed by atoms with van der Waals surface area (Å²) in [6.07, 6.45) is 3.29. The lowest BCUT2D eigenvalue weighted by Crippen LogP contribution is -2.08. The molecule has 1 N–H and O–H groups in total. The summed E-state index contributed by atoms with van der Waals surface area (Å²) in [5.41, 5.74) is 0.967. The zero-order chi connectivity index (χ0) is 12.8. The number of rotatable bonds is 3. The third-order valence-electron chi connectivity index (χ3n) is 1.99. The van der Waals surface area contributed by atoms with Crippen LogP contribution in [-0.4, -0.2) is 5.91 Å². The third-order valence-corrected chi connectivity index (χ3v) is 2.30. The molecule has 0 aliphatic heterocycles. The van der Waals surface area contributed by atoms with Gasteiger partial charge in [0.05, 0.1) is 10.6 Å². The quantitative estimate of drug-likeness (QED) is 0.834. The van der Waals surface area contributed by atoms with Gasteiger partial charge in [-0.05, 0) is 30.2 Å². The average molecular weight is 249 g/mol. The number of hydrogen-bond acceptors (Lipinski definition) is 2. The Hall–Kier alpha value is -1.79. The highest BCUT2D eigenvalue weighted by Gasteiger charge is 2.02. The molecule has 1 rings (SSSR count). The third kappa shape index (κ3) is 4.29. The van der Waals surface area contributed by atoms with Gasteiger partial charge in [-0.3, -0.25) is 4.79 Å². The second kappa shape index (κ2) is 6.07. The Labute approximate surface area is 106 Å². The first-order valence-electron chi connectivity index (χ1n) is 5.21. The minimum Gasteiger partial charge on any atom is -0.322 e. The zero-order valence-electron chi connectivity index (χ0n) is 9.70. The van der Waals surface area contributed by atoms with Crippen LogP contribution < -0.4 is 5.32 Å². The summed E-state index contributed by atoms with van der Waals surface area (Å²) in [6, 6.07) is 6.73. The number of nitrogens with one attached hydrogen (secondary N) is 1. The summed E-state index contributed by atoms with van der Waals surface area (Å²) < 4.78 is 0. The standard InChI is InChI=1S/C13H13ClN2O/c1-9(2)3-6-13(17)16-11-5-4-10(8-15)12(14)7-11/h3-7,9H,1-2H3,(H,16,17). The molecule has 0 aliphatic carbocycles. The molecule has 0 fully saturated rings. The van der Waals surface area contributed by atoms with Crippen molar-refractivity contribution in [3.63, 3.8) is 0 Å². The molecule has 0 aromatic heterocycles. The van der Waals surface area contributed by atoms with Crippen LogP contribution >= 0.6 is 11.6 Å². The minimum absolute atomic E-state index is 0.209. The van der Waals surface area contributed by atoms with Crippen molar-refractivity contribution in [2.24, 2.45) is 5.92 Å². The minimum atomic E-state index is -0.209. The van der Waals surface area contributed by atoms with Crippen LogP contribution in [0, 0.1) is 17.2 Å². The van der Waals surface area contributed by atoms with Gasteiger partial charge in [-0.1, -0.05) is 31.5 Å². The predicted octanol–water partition coefficient (Wildman–Crippen LogP) is 3.36. The fourth-order valence-corrected chi connectivity index (χ4v) is 1.37. The van der Waals surface area contributed by atoms with Crippen LogP contribution in [0.25, 0.3) is 0 Å². The van der Waals surface area contributed by atoms with Gasteiger partial charge in [-0.15, -0.1) is 0 Å². The number of amides is 1. The van der Waals surface area contributed by atoms with E-state index in [-0.39, 0.29) is 5.91 Å². The normalized spacial score (nSPS) is 10.5. The molecule has 0 heterocycles. The summed E-state index contributed by atoms with van der Waals surface area (Å²) in [7, 11) is 0. The fourth-order valence-electron chi connectivity index (χ4n) is 1.15. The predicted molar refractivity (Wildman–Crippen MR) is 68.8 cm³/mol. The smallest absolute Gasteiger partial charge is 0.248 e. The Balaban J connectivity index is 2.73. The number of hydrogen-bond donors (Lipinski definition) is 1. The molecule has 1 aromatic rings. The Bertz CT molecular complexity index is 487. The molecular weight excluding hydrogens is 236 g/mol. The molecule has 0 aliphatic rings. The van der Waals surface area contributed by atoms with Crippen LogP contribution in [0.3, 0.4) is 0 Å². The van der Waals surface area contributed by atoms with Crippen LogP contribution in [-0.2, 0) is 4.79 Å². The number of benzene rings is 1. The molecule has 1 aromatic carbocycles. The van der Waals surface area contributed by atoms with Crippen LogP contribution in [0.4, 0.5) is 5.69 Å². The molecule has 0 saturated heterocycles. The van der Waals surface area contributed by atoms with Crippen molar-refractivity contribution >= 4 is 23.2 Å². The molecule has 0 saturated carbocycles. The maximum Gasteiger partial charge on any atom is 0.248 e. The monoisotopic (exact) mass is 248 g/mol. The van der Waals surface area contributed by atoms with Crippen LogP contribution in [0.1, 0.15) is 19.4 Å². The van der Waals surface area contributed by atoms with E-state index >= 15 is 0 Å². The van der Waals surface area contributed by atoms with Crippen molar-refractivity contribution in [3.8, 4) is 6.07 Å². The lowest BCUT2D eigenvalue weighted by molar-refractivity contribution is -0.111. The molecule has 1 amide bonds. The van der Waals surface area contributed by atoms with Gasteiger partial charge >= 0.3 is 0 Å². The van der Waals surface area contributed by atoms with Crippen molar-refractivity contribution in [3.05, 3.63) is 40.9 Å². The lowest BCUT2D eigenvalue weighted by atomic mass is 10.2. The molecule has 88 valence electrons. The first-order chi connectivity index (χ1) is 8.02. The van der Waals surface area contributed by atoms with E-state index in [2.05, 4.69) is 5.32 Å². The first-order valence-corrected chi connectivity index (χ1v) is 5.59. The van der Waals surface area contributed by atoms with Gasteiger partial charge < -0.3 is 5.32 Å². The van der Waals surface area contributed by atoms with Crippen molar-refractivity contribution in [1.82, 2.24) is 0 Å². The summed E-state index contributed by atoms with van der Waals surface area (Å²) in [4.78, 5) is 11.5. The van der Waals surface area contributed by atoms with Crippen LogP contribution in [0.5, 0.6) is 0 Å². The van der Waals surface area contributed by atoms with E-state index in [0.717, 1.165) is 0 Å². The summed E-state index contributed by atoms with van der Waals surface area (Å²) >= 11 is 5.85. The zero-order valence-corrected chi connectivity index (χ0v) is 10.5. The van der Waals surface area contributed by atoms with E-state index in [1.165, 1.54) is 6.08 Å². The number of anilines is 1. The van der Waals surface area contributed by atoms with E-state index in [4.69, 9.17) is 16.9 Å². The van der Waals surface area contributed by atoms with Crippen molar-refractivity contribution in [1.29, 1.82) is 5.26 Å². The molecule has 0 atom stereocenters. The Morgan fingerprint density at radius 1 is 1.53 bits per heavy atom. The molecule has 0 bridgehead atoms. The molecule has 0 spiro atoms. The van der Waals surface area contributed by atoms with Gasteiger partial charge in [0.25, 0.3) is 0 Å². The van der Waals surface area contributed by atoms with E-state index in [1.807, 2.05) is 19.9 Å². The van der Waals surface area contributed by atoms with Gasteiger partial charge in [0.15, 0.2) is 0 Å². The van der Waals surface area contributed by atoms with E-state index in [1.54, 1.807) is 24.3 Å². The van der Waals surface area contributed by atoms with Gasteiger partial charge in [-0.2, -0.15) is 5.26 Å². The molecule has 3 nitrogen and oxygen atoms in total. The Morgan fingerprint density at radius 2 is 2.24 bits per heavy atom. The maximum absolute atomic E-state index is 11.5. The summed E-state index contributed by atoms with van der Waals surface area (Å²) in [6.45, 7) is 3.98. The van der Waals surface area contributed by atoms with E-state index in [9.17, 15) is 4.79 Å². The second-order valence-electron chi connectivity index (χ2n) is 3.90. The number of carbonyl (C=O) groups is 1. The second-order valence-corrected chi connectivity index (χ2v) is 4.31. The molecule has 17 heavy (non-hydrogen) atoms. The number of allylic oxidation sites excluding steroid dienone is 1. The Kier molecular flexibility index (Phi) is 4.74. The van der Waals surface area contributed by atoms with Crippen molar-refractivity contribution in [2.75, 3.05) is 5.32 Å². The SMILES string of the molecule is CC(C)C=CC(=O)Nc1ccc(C#N)c(Cl)c1. The number of carbonyl (C=O) groups excluding carboxylic acids is 1. The van der Waals surface area contributed by atoms with E-state index < -0.39 is 0 Å². The molecule has 0 unspecified atom stereocenters. The number of nitriles is 1. The Morgan fingerprint density at radius 3 is 2.76 bits per heavy atom.